The van der Waals surface area contributed by atoms with E-state index in [0.717, 1.165) is 22.0 Å². The molecule has 0 aliphatic heterocycles. The van der Waals surface area contributed by atoms with Crippen molar-refractivity contribution >= 4 is 34.4 Å². The predicted molar refractivity (Wildman–Crippen MR) is 110 cm³/mol. The molecule has 5 nitrogen and oxygen atoms in total. The van der Waals surface area contributed by atoms with Gasteiger partial charge >= 0.3 is 0 Å². The van der Waals surface area contributed by atoms with Gasteiger partial charge in [-0.3, -0.25) is 9.59 Å². The second-order valence-electron chi connectivity index (χ2n) is 6.34. The lowest BCUT2D eigenvalue weighted by molar-refractivity contribution is -0.129. The van der Waals surface area contributed by atoms with E-state index in [-0.39, 0.29) is 18.4 Å². The number of likely N-dealkylation sites (N-methyl/N-ethyl adjacent to an activating group) is 1. The zero-order chi connectivity index (χ0) is 19.9. The third kappa shape index (κ3) is 4.63. The first-order chi connectivity index (χ1) is 13.6. The van der Waals surface area contributed by atoms with E-state index in [9.17, 15) is 9.59 Å². The molecule has 0 bridgehead atoms. The van der Waals surface area contributed by atoms with Crippen LogP contribution in [0.3, 0.4) is 0 Å². The number of nitrogens with one attached hydrogen (secondary N) is 1. The number of rotatable bonds is 5. The van der Waals surface area contributed by atoms with Gasteiger partial charge in [-0.1, -0.05) is 48.5 Å². The average Bonchev–Trinajstić information content (AvgIpc) is 2.72. The molecule has 0 radical (unpaired) electrons. The number of fused-ring (bicyclic) bond motifs is 1. The fourth-order valence-corrected chi connectivity index (χ4v) is 2.78. The van der Waals surface area contributed by atoms with Gasteiger partial charge < -0.3 is 10.2 Å². The number of amides is 2. The molecule has 0 aliphatic rings. The zero-order valence-corrected chi connectivity index (χ0v) is 15.4. The number of hydrogen-bond donors (Lipinski definition) is 1. The van der Waals surface area contributed by atoms with Gasteiger partial charge in [-0.05, 0) is 35.2 Å². The standard InChI is InChI=1S/C23H19N3O2/c1-26(23(28)14-13-17-9-11-18(15-24)12-10-17)16-22(27)25-21-8-4-6-19-5-2-3-7-20(19)21/h2-14H,16H2,1H3,(H,25,27). The molecule has 0 fully saturated rings. The Morgan fingerprint density at radius 2 is 1.75 bits per heavy atom. The average molecular weight is 369 g/mol. The highest BCUT2D eigenvalue weighted by Gasteiger charge is 2.12. The van der Waals surface area contributed by atoms with Crippen molar-refractivity contribution in [2.75, 3.05) is 18.9 Å². The summed E-state index contributed by atoms with van der Waals surface area (Å²) in [6, 6.07) is 22.4. The maximum absolute atomic E-state index is 12.4. The molecule has 0 aliphatic carbocycles. The summed E-state index contributed by atoms with van der Waals surface area (Å²) in [7, 11) is 1.58. The Morgan fingerprint density at radius 3 is 2.50 bits per heavy atom. The van der Waals surface area contributed by atoms with Crippen LogP contribution < -0.4 is 5.32 Å². The number of anilines is 1. The highest BCUT2D eigenvalue weighted by molar-refractivity contribution is 6.04. The summed E-state index contributed by atoms with van der Waals surface area (Å²) < 4.78 is 0. The summed E-state index contributed by atoms with van der Waals surface area (Å²) in [6.07, 6.45) is 3.06. The van der Waals surface area contributed by atoms with Gasteiger partial charge in [0.25, 0.3) is 0 Å². The fourth-order valence-electron chi connectivity index (χ4n) is 2.78. The van der Waals surface area contributed by atoms with Crippen LogP contribution in [0, 0.1) is 11.3 Å². The van der Waals surface area contributed by atoms with Gasteiger partial charge in [-0.15, -0.1) is 0 Å². The van der Waals surface area contributed by atoms with Crippen molar-refractivity contribution in [1.82, 2.24) is 4.90 Å². The molecule has 3 aromatic rings. The number of nitrogens with zero attached hydrogens (tertiary/aromatic N) is 2. The van der Waals surface area contributed by atoms with Crippen LogP contribution in [0.4, 0.5) is 5.69 Å². The maximum Gasteiger partial charge on any atom is 0.246 e. The summed E-state index contributed by atoms with van der Waals surface area (Å²) in [5.74, 6) is -0.545. The van der Waals surface area contributed by atoms with E-state index in [1.807, 2.05) is 48.5 Å². The lowest BCUT2D eigenvalue weighted by atomic mass is 10.1. The fraction of sp³-hybridized carbons (Fsp3) is 0.0870. The van der Waals surface area contributed by atoms with Crippen LogP contribution in [0.25, 0.3) is 16.8 Å². The molecule has 0 aromatic heterocycles. The Kier molecular flexibility index (Phi) is 5.83. The van der Waals surface area contributed by atoms with Crippen molar-refractivity contribution in [2.45, 2.75) is 0 Å². The van der Waals surface area contributed by atoms with Crippen molar-refractivity contribution in [3.63, 3.8) is 0 Å². The van der Waals surface area contributed by atoms with Crippen LogP contribution in [0.2, 0.25) is 0 Å². The molecule has 28 heavy (non-hydrogen) atoms. The third-order valence-corrected chi connectivity index (χ3v) is 4.28. The number of carbonyl (C=O) groups is 2. The first-order valence-corrected chi connectivity index (χ1v) is 8.78. The van der Waals surface area contributed by atoms with Gasteiger partial charge in [0, 0.05) is 24.2 Å². The van der Waals surface area contributed by atoms with Crippen LogP contribution in [0.5, 0.6) is 0 Å². The highest BCUT2D eigenvalue weighted by Crippen LogP contribution is 2.22. The zero-order valence-electron chi connectivity index (χ0n) is 15.4. The number of nitriles is 1. The molecule has 1 N–H and O–H groups in total. The molecular formula is C23H19N3O2. The summed E-state index contributed by atoms with van der Waals surface area (Å²) in [5, 5.41) is 13.7. The van der Waals surface area contributed by atoms with Crippen molar-refractivity contribution in [3.8, 4) is 6.07 Å². The second-order valence-corrected chi connectivity index (χ2v) is 6.34. The van der Waals surface area contributed by atoms with E-state index in [2.05, 4.69) is 5.32 Å². The van der Waals surface area contributed by atoms with Gasteiger partial charge in [0.05, 0.1) is 18.2 Å². The molecule has 0 atom stereocenters. The molecule has 3 rings (SSSR count). The monoisotopic (exact) mass is 369 g/mol. The summed E-state index contributed by atoms with van der Waals surface area (Å²) in [5.41, 5.74) is 2.09. The van der Waals surface area contributed by atoms with Gasteiger partial charge in [0.2, 0.25) is 11.8 Å². The predicted octanol–water partition coefficient (Wildman–Crippen LogP) is 3.82. The van der Waals surface area contributed by atoms with E-state index in [1.54, 1.807) is 37.4 Å². The molecule has 0 heterocycles. The van der Waals surface area contributed by atoms with Crippen LogP contribution in [-0.4, -0.2) is 30.3 Å². The van der Waals surface area contributed by atoms with Crippen LogP contribution >= 0.6 is 0 Å². The van der Waals surface area contributed by atoms with E-state index in [1.165, 1.54) is 11.0 Å². The van der Waals surface area contributed by atoms with Crippen molar-refractivity contribution < 1.29 is 9.59 Å². The Balaban J connectivity index is 1.60. The minimum absolute atomic E-state index is 0.0558. The van der Waals surface area contributed by atoms with E-state index in [4.69, 9.17) is 5.26 Å². The largest absolute Gasteiger partial charge is 0.333 e. The topological polar surface area (TPSA) is 73.2 Å². The Morgan fingerprint density at radius 1 is 1.04 bits per heavy atom. The molecule has 0 saturated heterocycles. The first-order valence-electron chi connectivity index (χ1n) is 8.78. The van der Waals surface area contributed by atoms with E-state index >= 15 is 0 Å². The lowest BCUT2D eigenvalue weighted by Gasteiger charge is -2.15. The molecule has 5 heteroatoms. The van der Waals surface area contributed by atoms with Crippen LogP contribution in [0.15, 0.2) is 72.8 Å². The summed E-state index contributed by atoms with van der Waals surface area (Å²) in [4.78, 5) is 26.0. The van der Waals surface area contributed by atoms with Crippen molar-refractivity contribution in [2.24, 2.45) is 0 Å². The summed E-state index contributed by atoms with van der Waals surface area (Å²) in [6.45, 7) is -0.0558. The van der Waals surface area contributed by atoms with Crippen LogP contribution in [-0.2, 0) is 9.59 Å². The Hall–Kier alpha value is -3.91. The minimum atomic E-state index is -0.280. The first kappa shape index (κ1) is 18.9. The van der Waals surface area contributed by atoms with Gasteiger partial charge in [-0.2, -0.15) is 5.26 Å². The van der Waals surface area contributed by atoms with Crippen LogP contribution in [0.1, 0.15) is 11.1 Å². The smallest absolute Gasteiger partial charge is 0.246 e. The molecule has 2 amide bonds. The number of benzene rings is 3. The molecule has 0 spiro atoms. The van der Waals surface area contributed by atoms with Crippen molar-refractivity contribution in [3.05, 3.63) is 83.9 Å². The minimum Gasteiger partial charge on any atom is -0.333 e. The van der Waals surface area contributed by atoms with Crippen molar-refractivity contribution in [1.29, 1.82) is 5.26 Å². The Bertz CT molecular complexity index is 1070. The van der Waals surface area contributed by atoms with Gasteiger partial charge in [0.15, 0.2) is 0 Å². The SMILES string of the molecule is CN(CC(=O)Nc1cccc2ccccc12)C(=O)C=Cc1ccc(C#N)cc1. The number of hydrogen-bond acceptors (Lipinski definition) is 3. The van der Waals surface area contributed by atoms with E-state index in [0.29, 0.717) is 5.56 Å². The lowest BCUT2D eigenvalue weighted by Crippen LogP contribution is -2.33. The normalized spacial score (nSPS) is 10.6. The molecule has 0 unspecified atom stereocenters. The molecule has 0 saturated carbocycles. The second kappa shape index (κ2) is 8.65. The van der Waals surface area contributed by atoms with E-state index < -0.39 is 0 Å². The van der Waals surface area contributed by atoms with Gasteiger partial charge in [0.1, 0.15) is 0 Å². The quantitative estimate of drug-likeness (QED) is 0.695. The maximum atomic E-state index is 12.4. The Labute approximate surface area is 163 Å². The van der Waals surface area contributed by atoms with Gasteiger partial charge in [-0.25, -0.2) is 0 Å². The highest BCUT2D eigenvalue weighted by atomic mass is 16.2. The molecular weight excluding hydrogens is 350 g/mol. The summed E-state index contributed by atoms with van der Waals surface area (Å²) >= 11 is 0. The third-order valence-electron chi connectivity index (χ3n) is 4.28. The molecule has 138 valence electrons. The molecule has 3 aromatic carbocycles. The number of carbonyl (C=O) groups excluding carboxylic acids is 2.